The van der Waals surface area contributed by atoms with Gasteiger partial charge in [-0.3, -0.25) is 0 Å². The Kier molecular flexibility index (Phi) is 5.53. The predicted molar refractivity (Wildman–Crippen MR) is 77.6 cm³/mol. The predicted octanol–water partition coefficient (Wildman–Crippen LogP) is 3.02. The SMILES string of the molecule is COc1cc(OC)cc(OCC(O)CC2CCCC2)c1. The molecule has 20 heavy (non-hydrogen) atoms. The normalized spacial score (nSPS) is 16.9. The Labute approximate surface area is 120 Å². The van der Waals surface area contributed by atoms with Gasteiger partial charge in [0.05, 0.1) is 20.3 Å². The molecule has 0 amide bonds. The summed E-state index contributed by atoms with van der Waals surface area (Å²) in [6.07, 6.45) is 5.50. The van der Waals surface area contributed by atoms with Gasteiger partial charge < -0.3 is 19.3 Å². The zero-order valence-electron chi connectivity index (χ0n) is 12.3. The monoisotopic (exact) mass is 280 g/mol. The number of aliphatic hydroxyl groups is 1. The Morgan fingerprint density at radius 3 is 2.15 bits per heavy atom. The van der Waals surface area contributed by atoms with Gasteiger partial charge in [-0.25, -0.2) is 0 Å². The highest BCUT2D eigenvalue weighted by molar-refractivity contribution is 5.41. The Balaban J connectivity index is 1.85. The van der Waals surface area contributed by atoms with Gasteiger partial charge in [0.15, 0.2) is 0 Å². The smallest absolute Gasteiger partial charge is 0.126 e. The summed E-state index contributed by atoms with van der Waals surface area (Å²) in [7, 11) is 3.21. The third-order valence-electron chi connectivity index (χ3n) is 3.85. The zero-order chi connectivity index (χ0) is 14.4. The summed E-state index contributed by atoms with van der Waals surface area (Å²) in [5, 5.41) is 10.0. The van der Waals surface area contributed by atoms with Crippen LogP contribution in [0.2, 0.25) is 0 Å². The summed E-state index contributed by atoms with van der Waals surface area (Å²) in [5.41, 5.74) is 0. The minimum atomic E-state index is -0.407. The van der Waals surface area contributed by atoms with E-state index in [9.17, 15) is 5.11 Å². The van der Waals surface area contributed by atoms with E-state index in [0.717, 1.165) is 6.42 Å². The van der Waals surface area contributed by atoms with Gasteiger partial charge in [0, 0.05) is 18.2 Å². The second-order valence-corrected chi connectivity index (χ2v) is 5.40. The lowest BCUT2D eigenvalue weighted by Crippen LogP contribution is -2.20. The van der Waals surface area contributed by atoms with Gasteiger partial charge in [-0.2, -0.15) is 0 Å². The van der Waals surface area contributed by atoms with Crippen molar-refractivity contribution in [3.05, 3.63) is 18.2 Å². The van der Waals surface area contributed by atoms with E-state index in [1.807, 2.05) is 0 Å². The van der Waals surface area contributed by atoms with E-state index < -0.39 is 6.10 Å². The molecule has 0 saturated heterocycles. The van der Waals surface area contributed by atoms with Crippen molar-refractivity contribution in [1.82, 2.24) is 0 Å². The largest absolute Gasteiger partial charge is 0.496 e. The summed E-state index contributed by atoms with van der Waals surface area (Å²) in [5.74, 6) is 2.69. The molecule has 0 aromatic heterocycles. The Morgan fingerprint density at radius 2 is 1.60 bits per heavy atom. The molecule has 1 aliphatic carbocycles. The molecule has 2 rings (SSSR count). The molecular formula is C16H24O4. The van der Waals surface area contributed by atoms with Crippen LogP contribution in [0.5, 0.6) is 17.2 Å². The molecular weight excluding hydrogens is 256 g/mol. The van der Waals surface area contributed by atoms with Gasteiger partial charge in [0.1, 0.15) is 23.9 Å². The van der Waals surface area contributed by atoms with Crippen LogP contribution in [0.25, 0.3) is 0 Å². The highest BCUT2D eigenvalue weighted by Crippen LogP contribution is 2.30. The minimum Gasteiger partial charge on any atom is -0.496 e. The molecule has 1 aromatic carbocycles. The van der Waals surface area contributed by atoms with Crippen LogP contribution < -0.4 is 14.2 Å². The number of rotatable bonds is 7. The molecule has 4 nitrogen and oxygen atoms in total. The van der Waals surface area contributed by atoms with E-state index in [4.69, 9.17) is 14.2 Å². The van der Waals surface area contributed by atoms with E-state index >= 15 is 0 Å². The number of aliphatic hydroxyl groups excluding tert-OH is 1. The van der Waals surface area contributed by atoms with Crippen molar-refractivity contribution < 1.29 is 19.3 Å². The molecule has 4 heteroatoms. The third-order valence-corrected chi connectivity index (χ3v) is 3.85. The van der Waals surface area contributed by atoms with Crippen molar-refractivity contribution in [2.24, 2.45) is 5.92 Å². The van der Waals surface area contributed by atoms with Gasteiger partial charge in [-0.15, -0.1) is 0 Å². The first-order valence-corrected chi connectivity index (χ1v) is 7.25. The van der Waals surface area contributed by atoms with Crippen molar-refractivity contribution in [3.8, 4) is 17.2 Å². The average Bonchev–Trinajstić information content (AvgIpc) is 2.97. The van der Waals surface area contributed by atoms with E-state index in [2.05, 4.69) is 0 Å². The molecule has 1 saturated carbocycles. The average molecular weight is 280 g/mol. The molecule has 0 heterocycles. The molecule has 1 aromatic rings. The lowest BCUT2D eigenvalue weighted by Gasteiger charge is -2.16. The summed E-state index contributed by atoms with van der Waals surface area (Å²) in [6.45, 7) is 0.312. The van der Waals surface area contributed by atoms with E-state index in [0.29, 0.717) is 29.8 Å². The lowest BCUT2D eigenvalue weighted by molar-refractivity contribution is 0.0853. The molecule has 0 aliphatic heterocycles. The fourth-order valence-corrected chi connectivity index (χ4v) is 2.76. The van der Waals surface area contributed by atoms with Crippen molar-refractivity contribution in [2.45, 2.75) is 38.2 Å². The second-order valence-electron chi connectivity index (χ2n) is 5.40. The number of ether oxygens (including phenoxy) is 3. The topological polar surface area (TPSA) is 47.9 Å². The van der Waals surface area contributed by atoms with Crippen molar-refractivity contribution in [1.29, 1.82) is 0 Å². The summed E-state index contributed by atoms with van der Waals surface area (Å²) < 4.78 is 16.0. The van der Waals surface area contributed by atoms with Crippen LogP contribution in [0, 0.1) is 5.92 Å². The highest BCUT2D eigenvalue weighted by atomic mass is 16.5. The number of hydrogen-bond acceptors (Lipinski definition) is 4. The highest BCUT2D eigenvalue weighted by Gasteiger charge is 2.19. The Hall–Kier alpha value is -1.42. The lowest BCUT2D eigenvalue weighted by atomic mass is 10.0. The van der Waals surface area contributed by atoms with Crippen LogP contribution in [-0.4, -0.2) is 32.0 Å². The van der Waals surface area contributed by atoms with Crippen molar-refractivity contribution >= 4 is 0 Å². The zero-order valence-corrected chi connectivity index (χ0v) is 12.3. The van der Waals surface area contributed by atoms with E-state index in [1.54, 1.807) is 32.4 Å². The van der Waals surface area contributed by atoms with Crippen LogP contribution in [0.1, 0.15) is 32.1 Å². The van der Waals surface area contributed by atoms with Gasteiger partial charge in [-0.1, -0.05) is 25.7 Å². The standard InChI is InChI=1S/C16H24O4/c1-18-14-8-15(19-2)10-16(9-14)20-11-13(17)7-12-5-3-4-6-12/h8-10,12-13,17H,3-7,11H2,1-2H3. The fourth-order valence-electron chi connectivity index (χ4n) is 2.76. The van der Waals surface area contributed by atoms with E-state index in [-0.39, 0.29) is 0 Å². The quantitative estimate of drug-likeness (QED) is 0.834. The first-order chi connectivity index (χ1) is 9.71. The maximum absolute atomic E-state index is 10.0. The van der Waals surface area contributed by atoms with Crippen molar-refractivity contribution in [2.75, 3.05) is 20.8 Å². The van der Waals surface area contributed by atoms with Crippen LogP contribution in [0.4, 0.5) is 0 Å². The van der Waals surface area contributed by atoms with Crippen LogP contribution in [0.3, 0.4) is 0 Å². The molecule has 1 unspecified atom stereocenters. The molecule has 0 bridgehead atoms. The number of methoxy groups -OCH3 is 2. The molecule has 1 fully saturated rings. The molecule has 0 spiro atoms. The van der Waals surface area contributed by atoms with Gasteiger partial charge >= 0.3 is 0 Å². The van der Waals surface area contributed by atoms with Gasteiger partial charge in [-0.05, 0) is 12.3 Å². The maximum atomic E-state index is 10.0. The summed E-state index contributed by atoms with van der Waals surface area (Å²) >= 11 is 0. The molecule has 1 N–H and O–H groups in total. The molecule has 1 aliphatic rings. The van der Waals surface area contributed by atoms with Crippen LogP contribution in [-0.2, 0) is 0 Å². The minimum absolute atomic E-state index is 0.312. The molecule has 1 atom stereocenters. The first kappa shape index (κ1) is 15.0. The fraction of sp³-hybridized carbons (Fsp3) is 0.625. The second kappa shape index (κ2) is 7.39. The molecule has 0 radical (unpaired) electrons. The summed E-state index contributed by atoms with van der Waals surface area (Å²) in [6, 6.07) is 5.39. The Morgan fingerprint density at radius 1 is 1.05 bits per heavy atom. The van der Waals surface area contributed by atoms with Gasteiger partial charge in [0.25, 0.3) is 0 Å². The molecule has 112 valence electrons. The number of benzene rings is 1. The number of hydrogen-bond donors (Lipinski definition) is 1. The van der Waals surface area contributed by atoms with Crippen molar-refractivity contribution in [3.63, 3.8) is 0 Å². The maximum Gasteiger partial charge on any atom is 0.126 e. The Bertz CT molecular complexity index is 391. The van der Waals surface area contributed by atoms with Crippen LogP contribution in [0.15, 0.2) is 18.2 Å². The first-order valence-electron chi connectivity index (χ1n) is 7.25. The van der Waals surface area contributed by atoms with Crippen LogP contribution >= 0.6 is 0 Å². The third kappa shape index (κ3) is 4.30. The van der Waals surface area contributed by atoms with E-state index in [1.165, 1.54) is 25.7 Å². The summed E-state index contributed by atoms with van der Waals surface area (Å²) in [4.78, 5) is 0. The van der Waals surface area contributed by atoms with Gasteiger partial charge in [0.2, 0.25) is 0 Å².